The third-order valence-electron chi connectivity index (χ3n) is 4.58. The lowest BCUT2D eigenvalue weighted by Gasteiger charge is -2.34. The van der Waals surface area contributed by atoms with Crippen LogP contribution in [0.15, 0.2) is 18.2 Å². The second-order valence-corrected chi connectivity index (χ2v) is 6.12. The smallest absolute Gasteiger partial charge is 0.410 e. The minimum absolute atomic E-state index is 0.0570. The number of carbonyl (C=O) groups is 2. The SMILES string of the molecule is CCOC(=O)N1CC[NH+]([C@H](C)C(=O)Nc2ccc3c(c2)OCO3)CC1. The van der Waals surface area contributed by atoms with Crippen LogP contribution in [0.4, 0.5) is 10.5 Å². The van der Waals surface area contributed by atoms with Gasteiger partial charge in [-0.1, -0.05) is 0 Å². The number of benzene rings is 1. The van der Waals surface area contributed by atoms with Crippen LogP contribution in [0.25, 0.3) is 0 Å². The van der Waals surface area contributed by atoms with Crippen LogP contribution < -0.4 is 19.7 Å². The molecule has 1 fully saturated rings. The van der Waals surface area contributed by atoms with Crippen molar-refractivity contribution in [2.45, 2.75) is 19.9 Å². The number of anilines is 1. The molecule has 0 unspecified atom stereocenters. The molecule has 3 rings (SSSR count). The van der Waals surface area contributed by atoms with Gasteiger partial charge in [-0.2, -0.15) is 0 Å². The van der Waals surface area contributed by atoms with Gasteiger partial charge in [-0.05, 0) is 26.0 Å². The van der Waals surface area contributed by atoms with Crippen molar-refractivity contribution in [2.24, 2.45) is 0 Å². The lowest BCUT2D eigenvalue weighted by Crippen LogP contribution is -3.19. The summed E-state index contributed by atoms with van der Waals surface area (Å²) in [5.74, 6) is 1.27. The van der Waals surface area contributed by atoms with Gasteiger partial charge in [-0.3, -0.25) is 9.69 Å². The van der Waals surface area contributed by atoms with E-state index in [9.17, 15) is 9.59 Å². The number of hydrogen-bond donors (Lipinski definition) is 2. The number of nitrogens with one attached hydrogen (secondary N) is 2. The molecular weight excluding hydrogens is 326 g/mol. The van der Waals surface area contributed by atoms with Crippen LogP contribution in [0.2, 0.25) is 0 Å². The van der Waals surface area contributed by atoms with Gasteiger partial charge in [-0.15, -0.1) is 0 Å². The first kappa shape index (κ1) is 17.3. The van der Waals surface area contributed by atoms with Crippen LogP contribution in [0.1, 0.15) is 13.8 Å². The van der Waals surface area contributed by atoms with Crippen molar-refractivity contribution in [1.29, 1.82) is 0 Å². The Bertz CT molecular complexity index is 643. The maximum Gasteiger partial charge on any atom is 0.410 e. The lowest BCUT2D eigenvalue weighted by atomic mass is 10.2. The van der Waals surface area contributed by atoms with Crippen LogP contribution >= 0.6 is 0 Å². The zero-order valence-electron chi connectivity index (χ0n) is 14.5. The predicted molar refractivity (Wildman–Crippen MR) is 89.9 cm³/mol. The molecule has 0 radical (unpaired) electrons. The molecule has 1 saturated heterocycles. The fourth-order valence-electron chi connectivity index (χ4n) is 3.03. The van der Waals surface area contributed by atoms with Gasteiger partial charge in [0.2, 0.25) is 6.79 Å². The molecule has 1 atom stereocenters. The minimum atomic E-state index is -0.279. The Morgan fingerprint density at radius 1 is 1.28 bits per heavy atom. The zero-order valence-corrected chi connectivity index (χ0v) is 14.5. The Kier molecular flexibility index (Phi) is 5.28. The highest BCUT2D eigenvalue weighted by Crippen LogP contribution is 2.34. The van der Waals surface area contributed by atoms with Crippen LogP contribution in [0.5, 0.6) is 11.5 Å². The molecule has 8 heteroatoms. The summed E-state index contributed by atoms with van der Waals surface area (Å²) in [5.41, 5.74) is 0.686. The topological polar surface area (TPSA) is 81.5 Å². The van der Waals surface area contributed by atoms with Crippen molar-refractivity contribution in [3.05, 3.63) is 18.2 Å². The fraction of sp³-hybridized carbons (Fsp3) is 0.529. The predicted octanol–water partition coefficient (Wildman–Crippen LogP) is 0.0993. The second kappa shape index (κ2) is 7.60. The van der Waals surface area contributed by atoms with Gasteiger partial charge >= 0.3 is 6.09 Å². The number of rotatable bonds is 4. The molecule has 2 aliphatic rings. The summed E-state index contributed by atoms with van der Waals surface area (Å²) in [4.78, 5) is 27.1. The van der Waals surface area contributed by atoms with Gasteiger partial charge in [0.1, 0.15) is 0 Å². The van der Waals surface area contributed by atoms with E-state index in [1.165, 1.54) is 0 Å². The van der Waals surface area contributed by atoms with Crippen molar-refractivity contribution < 1.29 is 28.7 Å². The van der Waals surface area contributed by atoms with Crippen LogP contribution in [-0.4, -0.2) is 62.5 Å². The summed E-state index contributed by atoms with van der Waals surface area (Å²) in [6.45, 7) is 6.90. The summed E-state index contributed by atoms with van der Waals surface area (Å²) in [5, 5.41) is 2.92. The molecule has 2 heterocycles. The Morgan fingerprint density at radius 3 is 2.72 bits per heavy atom. The molecule has 0 aromatic heterocycles. The van der Waals surface area contributed by atoms with Crippen LogP contribution in [0, 0.1) is 0 Å². The number of hydrogen-bond acceptors (Lipinski definition) is 5. The van der Waals surface area contributed by atoms with E-state index in [4.69, 9.17) is 14.2 Å². The molecule has 1 aromatic rings. The summed E-state index contributed by atoms with van der Waals surface area (Å²) in [6, 6.07) is 5.13. The summed E-state index contributed by atoms with van der Waals surface area (Å²) < 4.78 is 15.6. The highest BCUT2D eigenvalue weighted by Gasteiger charge is 2.31. The van der Waals surface area contributed by atoms with Crippen molar-refractivity contribution in [2.75, 3.05) is 44.9 Å². The van der Waals surface area contributed by atoms with Gasteiger partial charge in [0, 0.05) is 11.8 Å². The third kappa shape index (κ3) is 3.96. The van der Waals surface area contributed by atoms with Gasteiger partial charge in [-0.25, -0.2) is 4.79 Å². The number of quaternary nitrogens is 1. The monoisotopic (exact) mass is 350 g/mol. The number of fused-ring (bicyclic) bond motifs is 1. The molecule has 8 nitrogen and oxygen atoms in total. The quantitative estimate of drug-likeness (QED) is 0.805. The minimum Gasteiger partial charge on any atom is -0.454 e. The molecule has 2 N–H and O–H groups in total. The summed E-state index contributed by atoms with van der Waals surface area (Å²) in [6.07, 6.45) is -0.279. The maximum absolute atomic E-state index is 12.5. The molecule has 1 aromatic carbocycles. The van der Waals surface area contributed by atoms with E-state index in [1.54, 1.807) is 30.0 Å². The lowest BCUT2D eigenvalue weighted by molar-refractivity contribution is -0.917. The molecule has 2 amide bonds. The van der Waals surface area contributed by atoms with E-state index in [0.717, 1.165) is 4.90 Å². The van der Waals surface area contributed by atoms with E-state index in [0.29, 0.717) is 50.0 Å². The molecule has 0 saturated carbocycles. The first-order valence-electron chi connectivity index (χ1n) is 8.55. The van der Waals surface area contributed by atoms with E-state index in [1.807, 2.05) is 6.92 Å². The zero-order chi connectivity index (χ0) is 17.8. The number of piperazine rings is 1. The summed E-state index contributed by atoms with van der Waals surface area (Å²) >= 11 is 0. The normalized spacial score (nSPS) is 17.9. The second-order valence-electron chi connectivity index (χ2n) is 6.12. The number of ether oxygens (including phenoxy) is 3. The standard InChI is InChI=1S/C17H23N3O5/c1-3-23-17(22)20-8-6-19(7-9-20)12(2)16(21)18-13-4-5-14-15(10-13)25-11-24-14/h4-5,10,12H,3,6-9,11H2,1-2H3,(H,18,21)/p+1/t12-/m1/s1. The van der Waals surface area contributed by atoms with Crippen LogP contribution in [0.3, 0.4) is 0 Å². The van der Waals surface area contributed by atoms with Crippen molar-refractivity contribution in [1.82, 2.24) is 4.90 Å². The molecule has 2 aliphatic heterocycles. The average Bonchev–Trinajstić information content (AvgIpc) is 3.09. The number of amides is 2. The van der Waals surface area contributed by atoms with E-state index in [-0.39, 0.29) is 24.8 Å². The van der Waals surface area contributed by atoms with Gasteiger partial charge < -0.3 is 24.4 Å². The Labute approximate surface area is 146 Å². The van der Waals surface area contributed by atoms with Gasteiger partial charge in [0.15, 0.2) is 17.5 Å². The Hall–Kier alpha value is -2.48. The van der Waals surface area contributed by atoms with Crippen molar-refractivity contribution >= 4 is 17.7 Å². The van der Waals surface area contributed by atoms with E-state index in [2.05, 4.69) is 5.32 Å². The average molecular weight is 350 g/mol. The van der Waals surface area contributed by atoms with Crippen LogP contribution in [-0.2, 0) is 9.53 Å². The first-order valence-corrected chi connectivity index (χ1v) is 8.55. The maximum atomic E-state index is 12.5. The molecule has 0 bridgehead atoms. The Morgan fingerprint density at radius 2 is 2.00 bits per heavy atom. The number of nitrogens with zero attached hydrogens (tertiary/aromatic N) is 1. The molecular formula is C17H24N3O5+. The summed E-state index contributed by atoms with van der Waals surface area (Å²) in [7, 11) is 0. The number of carbonyl (C=O) groups excluding carboxylic acids is 2. The Balaban J connectivity index is 1.52. The molecule has 25 heavy (non-hydrogen) atoms. The molecule has 0 aliphatic carbocycles. The highest BCUT2D eigenvalue weighted by atomic mass is 16.7. The van der Waals surface area contributed by atoms with Gasteiger partial charge in [0.25, 0.3) is 5.91 Å². The van der Waals surface area contributed by atoms with Gasteiger partial charge in [0.05, 0.1) is 32.8 Å². The van der Waals surface area contributed by atoms with Crippen molar-refractivity contribution in [3.8, 4) is 11.5 Å². The highest BCUT2D eigenvalue weighted by molar-refractivity contribution is 5.94. The molecule has 0 spiro atoms. The van der Waals surface area contributed by atoms with E-state index < -0.39 is 0 Å². The largest absolute Gasteiger partial charge is 0.454 e. The van der Waals surface area contributed by atoms with E-state index >= 15 is 0 Å². The third-order valence-corrected chi connectivity index (χ3v) is 4.58. The molecule has 136 valence electrons. The first-order chi connectivity index (χ1) is 12.1. The fourth-order valence-corrected chi connectivity index (χ4v) is 3.03. The van der Waals surface area contributed by atoms with Crippen molar-refractivity contribution in [3.63, 3.8) is 0 Å².